The summed E-state index contributed by atoms with van der Waals surface area (Å²) in [6, 6.07) is 5.81. The van der Waals surface area contributed by atoms with E-state index < -0.39 is 20.8 Å². The molecule has 0 saturated heterocycles. The van der Waals surface area contributed by atoms with Gasteiger partial charge in [0.1, 0.15) is 9.84 Å². The van der Waals surface area contributed by atoms with Gasteiger partial charge in [0.15, 0.2) is 11.5 Å². The summed E-state index contributed by atoms with van der Waals surface area (Å²) in [6.07, 6.45) is 4.72. The molecular formula is C20H25N3O6S. The molecule has 3 rings (SSSR count). The second kappa shape index (κ2) is 8.86. The lowest BCUT2D eigenvalue weighted by molar-refractivity contribution is -0.384. The molecule has 1 heterocycles. The zero-order valence-electron chi connectivity index (χ0n) is 17.1. The largest absolute Gasteiger partial charge is 0.493 e. The molecule has 0 aliphatic heterocycles. The lowest BCUT2D eigenvalue weighted by atomic mass is 10.1. The van der Waals surface area contributed by atoms with E-state index in [-0.39, 0.29) is 17.3 Å². The van der Waals surface area contributed by atoms with Crippen LogP contribution in [0.2, 0.25) is 0 Å². The smallest absolute Gasteiger partial charge is 0.311 e. The summed E-state index contributed by atoms with van der Waals surface area (Å²) < 4.78 is 35.0. The van der Waals surface area contributed by atoms with Crippen molar-refractivity contribution >= 4 is 21.3 Å². The minimum absolute atomic E-state index is 0.0341. The Hall–Kier alpha value is -2.88. The number of hydrogen-bond acceptors (Lipinski definition) is 8. The minimum Gasteiger partial charge on any atom is -0.493 e. The molecule has 9 nitrogen and oxygen atoms in total. The Kier molecular flexibility index (Phi) is 6.45. The third-order valence-electron chi connectivity index (χ3n) is 4.80. The van der Waals surface area contributed by atoms with Gasteiger partial charge in [-0.1, -0.05) is 6.07 Å². The Balaban J connectivity index is 1.99. The average Bonchev–Trinajstić information content (AvgIpc) is 3.52. The van der Waals surface area contributed by atoms with Crippen LogP contribution in [-0.4, -0.2) is 44.1 Å². The number of anilines is 1. The van der Waals surface area contributed by atoms with Gasteiger partial charge < -0.3 is 14.8 Å². The van der Waals surface area contributed by atoms with Crippen LogP contribution in [0.1, 0.15) is 42.9 Å². The minimum atomic E-state index is -3.41. The Morgan fingerprint density at radius 2 is 2.03 bits per heavy atom. The zero-order valence-corrected chi connectivity index (χ0v) is 17.9. The van der Waals surface area contributed by atoms with E-state index in [2.05, 4.69) is 10.3 Å². The van der Waals surface area contributed by atoms with Crippen molar-refractivity contribution in [3.8, 4) is 11.5 Å². The molecule has 0 radical (unpaired) electrons. The van der Waals surface area contributed by atoms with E-state index in [4.69, 9.17) is 9.47 Å². The first-order valence-corrected chi connectivity index (χ1v) is 11.7. The topological polar surface area (TPSA) is 121 Å². The first-order valence-electron chi connectivity index (χ1n) is 9.61. The predicted molar refractivity (Wildman–Crippen MR) is 113 cm³/mol. The predicted octanol–water partition coefficient (Wildman–Crippen LogP) is 3.47. The number of nitro groups is 1. The molecule has 1 fully saturated rings. The number of sulfone groups is 1. The molecule has 30 heavy (non-hydrogen) atoms. The Morgan fingerprint density at radius 3 is 2.60 bits per heavy atom. The van der Waals surface area contributed by atoms with Crippen LogP contribution in [0.4, 0.5) is 11.5 Å². The second-order valence-corrected chi connectivity index (χ2v) is 9.49. The maximum atomic E-state index is 12.1. The number of methoxy groups -OCH3 is 1. The standard InChI is InChI=1S/C20H25N3O6S/c1-4-29-19-10-14(7-8-18(19)28-2)16(12-30(3,26)27)22-20-17(23(24)25)9-15(11-21-20)13-5-6-13/h7-11,13,16H,4-6,12H2,1-3H3,(H,21,22)/t16-/m1/s1. The molecule has 1 aliphatic carbocycles. The highest BCUT2D eigenvalue weighted by Gasteiger charge is 2.29. The van der Waals surface area contributed by atoms with E-state index >= 15 is 0 Å². The van der Waals surface area contributed by atoms with Crippen molar-refractivity contribution < 1.29 is 22.8 Å². The van der Waals surface area contributed by atoms with Gasteiger partial charge in [-0.05, 0) is 48.9 Å². The highest BCUT2D eigenvalue weighted by atomic mass is 32.2. The van der Waals surface area contributed by atoms with Gasteiger partial charge in [-0.15, -0.1) is 0 Å². The van der Waals surface area contributed by atoms with Gasteiger partial charge >= 0.3 is 5.69 Å². The summed E-state index contributed by atoms with van der Waals surface area (Å²) in [7, 11) is -1.90. The lowest BCUT2D eigenvalue weighted by Gasteiger charge is -2.21. The van der Waals surface area contributed by atoms with Crippen LogP contribution >= 0.6 is 0 Å². The van der Waals surface area contributed by atoms with Crippen LogP contribution in [0.25, 0.3) is 0 Å². The van der Waals surface area contributed by atoms with Crippen LogP contribution in [0.3, 0.4) is 0 Å². The number of ether oxygens (including phenoxy) is 2. The molecule has 10 heteroatoms. The third kappa shape index (κ3) is 5.38. The fourth-order valence-corrected chi connectivity index (χ4v) is 4.11. The molecule has 1 aromatic heterocycles. The van der Waals surface area contributed by atoms with Gasteiger partial charge in [0.05, 0.1) is 30.4 Å². The normalized spacial score (nSPS) is 14.8. The fourth-order valence-electron chi connectivity index (χ4n) is 3.23. The van der Waals surface area contributed by atoms with Crippen molar-refractivity contribution in [3.63, 3.8) is 0 Å². The summed E-state index contributed by atoms with van der Waals surface area (Å²) in [6.45, 7) is 2.23. The molecule has 0 bridgehead atoms. The van der Waals surface area contributed by atoms with Crippen LogP contribution in [0.5, 0.6) is 11.5 Å². The van der Waals surface area contributed by atoms with Gasteiger partial charge in [-0.2, -0.15) is 0 Å². The molecule has 1 N–H and O–H groups in total. The van der Waals surface area contributed by atoms with Gasteiger partial charge in [0.25, 0.3) is 0 Å². The number of aromatic nitrogens is 1. The quantitative estimate of drug-likeness (QED) is 0.445. The van der Waals surface area contributed by atoms with Crippen LogP contribution in [-0.2, 0) is 9.84 Å². The molecule has 162 valence electrons. The first kappa shape index (κ1) is 21.8. The SMILES string of the molecule is CCOc1cc([C@@H](CS(C)(=O)=O)Nc2ncc(C3CC3)cc2[N+](=O)[O-])ccc1OC. The Labute approximate surface area is 175 Å². The highest BCUT2D eigenvalue weighted by molar-refractivity contribution is 7.90. The molecule has 2 aromatic rings. The average molecular weight is 436 g/mol. The number of benzene rings is 1. The first-order chi connectivity index (χ1) is 14.2. The van der Waals surface area contributed by atoms with Crippen molar-refractivity contribution in [2.45, 2.75) is 31.7 Å². The third-order valence-corrected chi connectivity index (χ3v) is 5.74. The molecule has 1 aromatic carbocycles. The maximum Gasteiger partial charge on any atom is 0.311 e. The van der Waals surface area contributed by atoms with Crippen LogP contribution < -0.4 is 14.8 Å². The van der Waals surface area contributed by atoms with E-state index in [0.717, 1.165) is 24.7 Å². The zero-order chi connectivity index (χ0) is 21.9. The summed E-state index contributed by atoms with van der Waals surface area (Å²) in [5.74, 6) is 1.05. The monoisotopic (exact) mass is 435 g/mol. The Bertz CT molecular complexity index is 1040. The van der Waals surface area contributed by atoms with E-state index in [1.807, 2.05) is 6.92 Å². The van der Waals surface area contributed by atoms with Gasteiger partial charge in [0, 0.05) is 18.5 Å². The van der Waals surface area contributed by atoms with E-state index in [0.29, 0.717) is 29.6 Å². The second-order valence-electron chi connectivity index (χ2n) is 7.30. The number of hydrogen-bond donors (Lipinski definition) is 1. The van der Waals surface area contributed by atoms with Crippen LogP contribution in [0, 0.1) is 10.1 Å². The molecule has 1 atom stereocenters. The van der Waals surface area contributed by atoms with Crippen molar-refractivity contribution in [2.24, 2.45) is 0 Å². The summed E-state index contributed by atoms with van der Waals surface area (Å²) in [5.41, 5.74) is 1.25. The van der Waals surface area contributed by atoms with E-state index in [1.54, 1.807) is 24.4 Å². The van der Waals surface area contributed by atoms with E-state index in [1.165, 1.54) is 13.2 Å². The van der Waals surface area contributed by atoms with Crippen molar-refractivity contribution in [1.29, 1.82) is 0 Å². The molecule has 0 amide bonds. The van der Waals surface area contributed by atoms with Crippen molar-refractivity contribution in [3.05, 3.63) is 51.7 Å². The Morgan fingerprint density at radius 1 is 1.30 bits per heavy atom. The van der Waals surface area contributed by atoms with Gasteiger partial charge in [0.2, 0.25) is 5.82 Å². The molecule has 1 saturated carbocycles. The maximum absolute atomic E-state index is 12.1. The number of nitrogens with one attached hydrogen (secondary N) is 1. The van der Waals surface area contributed by atoms with Gasteiger partial charge in [-0.25, -0.2) is 13.4 Å². The lowest BCUT2D eigenvalue weighted by Crippen LogP contribution is -2.22. The number of pyridine rings is 1. The highest BCUT2D eigenvalue weighted by Crippen LogP contribution is 2.42. The van der Waals surface area contributed by atoms with Crippen molar-refractivity contribution in [2.75, 3.05) is 31.0 Å². The van der Waals surface area contributed by atoms with Crippen LogP contribution in [0.15, 0.2) is 30.5 Å². The molecule has 1 aliphatic rings. The number of nitrogens with zero attached hydrogens (tertiary/aromatic N) is 2. The molecule has 0 spiro atoms. The summed E-state index contributed by atoms with van der Waals surface area (Å²) in [5, 5.41) is 14.6. The molecule has 0 unspecified atom stereocenters. The fraction of sp³-hybridized carbons (Fsp3) is 0.450. The number of rotatable bonds is 10. The summed E-state index contributed by atoms with van der Waals surface area (Å²) in [4.78, 5) is 15.4. The molecular weight excluding hydrogens is 410 g/mol. The van der Waals surface area contributed by atoms with Gasteiger partial charge in [-0.3, -0.25) is 10.1 Å². The van der Waals surface area contributed by atoms with Crippen molar-refractivity contribution in [1.82, 2.24) is 4.98 Å². The summed E-state index contributed by atoms with van der Waals surface area (Å²) >= 11 is 0. The van der Waals surface area contributed by atoms with E-state index in [9.17, 15) is 18.5 Å².